The molecule has 1 saturated heterocycles. The molecule has 130 valence electrons. The van der Waals surface area contributed by atoms with Crippen LogP contribution in [0.1, 0.15) is 58.8 Å². The van der Waals surface area contributed by atoms with E-state index < -0.39 is 23.7 Å². The van der Waals surface area contributed by atoms with Crippen molar-refractivity contribution in [3.8, 4) is 0 Å². The van der Waals surface area contributed by atoms with Gasteiger partial charge in [0.2, 0.25) is 5.91 Å². The second kappa shape index (κ2) is 6.01. The zero-order valence-corrected chi connectivity index (χ0v) is 15.5. The van der Waals surface area contributed by atoms with E-state index in [9.17, 15) is 9.59 Å². The lowest BCUT2D eigenvalue weighted by molar-refractivity contribution is -0.123. The van der Waals surface area contributed by atoms with Crippen molar-refractivity contribution in [2.45, 2.75) is 59.7 Å². The molecule has 0 aromatic heterocycles. The maximum atomic E-state index is 12.1. The normalized spacial score (nSPS) is 19.2. The number of hydrogen-bond donors (Lipinski definition) is 1. The molecule has 0 saturated carbocycles. The van der Waals surface area contributed by atoms with Gasteiger partial charge in [-0.15, -0.1) is 0 Å². The highest BCUT2D eigenvalue weighted by Gasteiger charge is 2.52. The summed E-state index contributed by atoms with van der Waals surface area (Å²) in [7, 11) is -0.609. The smallest absolute Gasteiger partial charge is 0.399 e. The number of nitrogens with one attached hydrogen (secondary N) is 1. The average Bonchev–Trinajstić information content (AvgIpc) is 2.66. The lowest BCUT2D eigenvalue weighted by atomic mass is 9.76. The molecule has 1 aromatic carbocycles. The van der Waals surface area contributed by atoms with E-state index in [4.69, 9.17) is 9.31 Å². The maximum Gasteiger partial charge on any atom is 0.495 e. The Kier molecular flexibility index (Phi) is 4.68. The van der Waals surface area contributed by atoms with E-state index in [1.54, 1.807) is 18.2 Å². The summed E-state index contributed by atoms with van der Waals surface area (Å²) in [5, 5.41) is 2.83. The van der Waals surface area contributed by atoms with Crippen molar-refractivity contribution >= 4 is 30.5 Å². The van der Waals surface area contributed by atoms with E-state index in [2.05, 4.69) is 5.32 Å². The zero-order valence-electron chi connectivity index (χ0n) is 15.5. The molecular weight excluding hydrogens is 305 g/mol. The van der Waals surface area contributed by atoms with Crippen LogP contribution in [0.15, 0.2) is 18.2 Å². The van der Waals surface area contributed by atoms with Crippen LogP contribution in [0.2, 0.25) is 0 Å². The Morgan fingerprint density at radius 3 is 2.12 bits per heavy atom. The first-order valence-corrected chi connectivity index (χ1v) is 8.13. The third-order valence-corrected chi connectivity index (χ3v) is 4.66. The van der Waals surface area contributed by atoms with Gasteiger partial charge in [-0.25, -0.2) is 0 Å². The van der Waals surface area contributed by atoms with Crippen LogP contribution in [0.3, 0.4) is 0 Å². The molecule has 0 unspecified atom stereocenters. The van der Waals surface area contributed by atoms with Gasteiger partial charge in [-0.05, 0) is 45.3 Å². The number of aldehydes is 1. The van der Waals surface area contributed by atoms with Gasteiger partial charge in [-0.3, -0.25) is 9.59 Å². The van der Waals surface area contributed by atoms with Crippen LogP contribution in [0.4, 0.5) is 5.69 Å². The Balaban J connectivity index is 2.28. The molecule has 1 amide bonds. The topological polar surface area (TPSA) is 64.6 Å². The number of benzene rings is 1. The van der Waals surface area contributed by atoms with Gasteiger partial charge in [0.15, 0.2) is 0 Å². The van der Waals surface area contributed by atoms with E-state index >= 15 is 0 Å². The number of rotatable bonds is 3. The van der Waals surface area contributed by atoms with Crippen LogP contribution in [0.5, 0.6) is 0 Å². The molecule has 0 bridgehead atoms. The Hall–Kier alpha value is -1.66. The number of anilines is 1. The van der Waals surface area contributed by atoms with Crippen molar-refractivity contribution in [1.82, 2.24) is 0 Å². The molecule has 1 N–H and O–H groups in total. The largest absolute Gasteiger partial charge is 0.495 e. The molecule has 1 aromatic rings. The van der Waals surface area contributed by atoms with Crippen molar-refractivity contribution in [3.05, 3.63) is 23.8 Å². The highest BCUT2D eigenvalue weighted by Crippen LogP contribution is 2.36. The second-order valence-corrected chi connectivity index (χ2v) is 8.25. The molecule has 1 aliphatic heterocycles. The van der Waals surface area contributed by atoms with Crippen molar-refractivity contribution in [2.24, 2.45) is 5.41 Å². The van der Waals surface area contributed by atoms with Crippen molar-refractivity contribution in [3.63, 3.8) is 0 Å². The SMILES string of the molecule is CC(C)(C)C(=O)Nc1ccc(B2OC(C)(C)C(C)(C)O2)c(C=O)c1. The summed E-state index contributed by atoms with van der Waals surface area (Å²) in [5.74, 6) is -0.109. The van der Waals surface area contributed by atoms with Crippen LogP contribution >= 0.6 is 0 Å². The molecule has 1 fully saturated rings. The summed E-state index contributed by atoms with van der Waals surface area (Å²) in [4.78, 5) is 23.6. The first-order chi connectivity index (χ1) is 10.9. The fourth-order valence-electron chi connectivity index (χ4n) is 2.26. The first kappa shape index (κ1) is 18.7. The number of carbonyl (C=O) groups is 2. The highest BCUT2D eigenvalue weighted by molar-refractivity contribution is 6.63. The van der Waals surface area contributed by atoms with Crippen molar-refractivity contribution in [1.29, 1.82) is 0 Å². The third kappa shape index (κ3) is 3.54. The van der Waals surface area contributed by atoms with E-state index in [1.165, 1.54) is 0 Å². The predicted octanol–water partition coefficient (Wildman–Crippen LogP) is 2.78. The van der Waals surface area contributed by atoms with Crippen LogP contribution in [-0.4, -0.2) is 30.5 Å². The minimum atomic E-state index is -0.609. The van der Waals surface area contributed by atoms with E-state index in [1.807, 2.05) is 48.5 Å². The summed E-state index contributed by atoms with van der Waals surface area (Å²) in [6, 6.07) is 5.18. The molecule has 5 nitrogen and oxygen atoms in total. The Bertz CT molecular complexity index is 645. The van der Waals surface area contributed by atoms with Gasteiger partial charge in [-0.1, -0.05) is 26.8 Å². The predicted molar refractivity (Wildman–Crippen MR) is 95.6 cm³/mol. The van der Waals surface area contributed by atoms with E-state index in [-0.39, 0.29) is 5.91 Å². The zero-order chi connectivity index (χ0) is 18.3. The van der Waals surface area contributed by atoms with E-state index in [0.717, 1.165) is 6.29 Å². The average molecular weight is 331 g/mol. The summed E-state index contributed by atoms with van der Waals surface area (Å²) < 4.78 is 12.0. The molecule has 6 heteroatoms. The molecule has 24 heavy (non-hydrogen) atoms. The van der Waals surface area contributed by atoms with Gasteiger partial charge in [0, 0.05) is 16.7 Å². The van der Waals surface area contributed by atoms with Gasteiger partial charge in [0.1, 0.15) is 6.29 Å². The van der Waals surface area contributed by atoms with Gasteiger partial charge in [-0.2, -0.15) is 0 Å². The molecular formula is C18H26BNO4. The molecule has 0 radical (unpaired) electrons. The summed E-state index contributed by atoms with van der Waals surface area (Å²) >= 11 is 0. The van der Waals surface area contributed by atoms with Gasteiger partial charge in [0.25, 0.3) is 0 Å². The monoisotopic (exact) mass is 331 g/mol. The molecule has 1 aliphatic rings. The summed E-state index contributed by atoms with van der Waals surface area (Å²) in [5.41, 5.74) is 0.231. The molecule has 2 rings (SSSR count). The highest BCUT2D eigenvalue weighted by atomic mass is 16.7. The molecule has 0 spiro atoms. The first-order valence-electron chi connectivity index (χ1n) is 8.13. The minimum Gasteiger partial charge on any atom is -0.399 e. The Morgan fingerprint density at radius 1 is 1.12 bits per heavy atom. The standard InChI is InChI=1S/C18H26BNO4/c1-16(2,3)15(22)20-13-8-9-14(12(10-13)11-21)19-23-17(4,5)18(6,7)24-19/h8-11H,1-7H3,(H,20,22). The third-order valence-electron chi connectivity index (χ3n) is 4.66. The van der Waals surface area contributed by atoms with Crippen LogP contribution in [0.25, 0.3) is 0 Å². The lowest BCUT2D eigenvalue weighted by Crippen LogP contribution is -2.41. The fourth-order valence-corrected chi connectivity index (χ4v) is 2.26. The quantitative estimate of drug-likeness (QED) is 0.683. The van der Waals surface area contributed by atoms with Crippen molar-refractivity contribution in [2.75, 3.05) is 5.32 Å². The van der Waals surface area contributed by atoms with Crippen LogP contribution in [-0.2, 0) is 14.1 Å². The van der Waals surface area contributed by atoms with Gasteiger partial charge in [0.05, 0.1) is 11.2 Å². The van der Waals surface area contributed by atoms with Crippen molar-refractivity contribution < 1.29 is 18.9 Å². The molecule has 0 atom stereocenters. The van der Waals surface area contributed by atoms with Crippen LogP contribution < -0.4 is 10.8 Å². The number of amides is 1. The fraction of sp³-hybridized carbons (Fsp3) is 0.556. The van der Waals surface area contributed by atoms with Gasteiger partial charge < -0.3 is 14.6 Å². The van der Waals surface area contributed by atoms with Crippen LogP contribution in [0, 0.1) is 5.41 Å². The molecule has 1 heterocycles. The summed E-state index contributed by atoms with van der Waals surface area (Å²) in [6.07, 6.45) is 0.757. The minimum absolute atomic E-state index is 0.109. The summed E-state index contributed by atoms with van der Waals surface area (Å²) in [6.45, 7) is 13.4. The number of carbonyl (C=O) groups excluding carboxylic acids is 2. The maximum absolute atomic E-state index is 12.1. The van der Waals surface area contributed by atoms with Gasteiger partial charge >= 0.3 is 7.12 Å². The second-order valence-electron chi connectivity index (χ2n) is 8.25. The van der Waals surface area contributed by atoms with E-state index in [0.29, 0.717) is 16.7 Å². The Labute approximate surface area is 144 Å². The molecule has 0 aliphatic carbocycles. The Morgan fingerprint density at radius 2 is 1.67 bits per heavy atom. The lowest BCUT2D eigenvalue weighted by Gasteiger charge is -2.32. The number of hydrogen-bond acceptors (Lipinski definition) is 4.